The number of nitrogens with zero attached hydrogens (tertiary/aromatic N) is 3. The topological polar surface area (TPSA) is 71.3 Å². The van der Waals surface area contributed by atoms with E-state index in [4.69, 9.17) is 11.6 Å². The molecule has 7 heteroatoms. The molecular formula is C18H24ClN5O. The van der Waals surface area contributed by atoms with Gasteiger partial charge in [0.15, 0.2) is 5.65 Å². The predicted octanol–water partition coefficient (Wildman–Crippen LogP) is 3.67. The molecule has 6 nitrogen and oxygen atoms in total. The Kier molecular flexibility index (Phi) is 5.27. The van der Waals surface area contributed by atoms with Crippen LogP contribution in [0, 0.1) is 0 Å². The van der Waals surface area contributed by atoms with Gasteiger partial charge >= 0.3 is 0 Å². The second-order valence-corrected chi connectivity index (χ2v) is 6.88. The molecule has 1 amide bonds. The van der Waals surface area contributed by atoms with Gasteiger partial charge in [-0.2, -0.15) is 9.61 Å². The highest BCUT2D eigenvalue weighted by Gasteiger charge is 2.26. The van der Waals surface area contributed by atoms with Crippen LogP contribution >= 0.6 is 11.6 Å². The molecule has 0 spiro atoms. The molecule has 1 fully saturated rings. The molecule has 0 unspecified atom stereocenters. The van der Waals surface area contributed by atoms with Crippen LogP contribution in [-0.2, 0) is 4.79 Å². The number of fused-ring (bicyclic) bond motifs is 1. The van der Waals surface area contributed by atoms with Gasteiger partial charge < -0.3 is 10.6 Å². The molecule has 2 N–H and O–H groups in total. The second kappa shape index (κ2) is 7.44. The van der Waals surface area contributed by atoms with Gasteiger partial charge in [-0.05, 0) is 38.2 Å². The van der Waals surface area contributed by atoms with Gasteiger partial charge in [0.2, 0.25) is 5.91 Å². The number of nitrogens with one attached hydrogen (secondary N) is 2. The fourth-order valence-corrected chi connectivity index (χ4v) is 3.64. The van der Waals surface area contributed by atoms with Crippen LogP contribution in [0.15, 0.2) is 18.3 Å². The van der Waals surface area contributed by atoms with Crippen molar-refractivity contribution < 1.29 is 4.79 Å². The Morgan fingerprint density at radius 3 is 2.88 bits per heavy atom. The van der Waals surface area contributed by atoms with Gasteiger partial charge in [0.1, 0.15) is 10.8 Å². The highest BCUT2D eigenvalue weighted by Crippen LogP contribution is 2.28. The monoisotopic (exact) mass is 361 g/mol. The van der Waals surface area contributed by atoms with Crippen LogP contribution in [0.3, 0.4) is 0 Å². The standard InChI is InChI=1S/C18H24ClN5O/c1-4-12(5-2)16-9-17(24-18(23-16)15(19)10-20-24)22-14-7-6-13(8-14)21-11(3)25/h4,9-10,13-14,22H,5-8H2,1-3H3,(H,21,25)/b12-4+/t13-,14-/m0/s1. The van der Waals surface area contributed by atoms with E-state index in [2.05, 4.69) is 33.7 Å². The third-order valence-electron chi connectivity index (χ3n) is 4.68. The van der Waals surface area contributed by atoms with Crippen molar-refractivity contribution in [2.45, 2.75) is 58.5 Å². The third-order valence-corrected chi connectivity index (χ3v) is 4.95. The lowest BCUT2D eigenvalue weighted by Gasteiger charge is -2.17. The third kappa shape index (κ3) is 3.79. The summed E-state index contributed by atoms with van der Waals surface area (Å²) in [4.78, 5) is 15.9. The van der Waals surface area contributed by atoms with Crippen LogP contribution in [0.2, 0.25) is 5.02 Å². The van der Waals surface area contributed by atoms with Crippen LogP contribution in [-0.4, -0.2) is 32.6 Å². The number of amides is 1. The summed E-state index contributed by atoms with van der Waals surface area (Å²) in [7, 11) is 0. The van der Waals surface area contributed by atoms with Crippen molar-refractivity contribution in [3.8, 4) is 0 Å². The molecule has 134 valence electrons. The minimum Gasteiger partial charge on any atom is -0.367 e. The number of carbonyl (C=O) groups excluding carboxylic acids is 1. The zero-order valence-electron chi connectivity index (χ0n) is 14.8. The largest absolute Gasteiger partial charge is 0.367 e. The van der Waals surface area contributed by atoms with Crippen LogP contribution in [0.25, 0.3) is 11.2 Å². The zero-order chi connectivity index (χ0) is 18.0. The highest BCUT2D eigenvalue weighted by molar-refractivity contribution is 6.33. The summed E-state index contributed by atoms with van der Waals surface area (Å²) in [6.45, 7) is 5.70. The van der Waals surface area contributed by atoms with E-state index in [1.807, 2.05) is 13.0 Å². The maximum Gasteiger partial charge on any atom is 0.217 e. The van der Waals surface area contributed by atoms with Crippen molar-refractivity contribution in [1.82, 2.24) is 19.9 Å². The van der Waals surface area contributed by atoms with E-state index in [9.17, 15) is 4.79 Å². The lowest BCUT2D eigenvalue weighted by molar-refractivity contribution is -0.119. The van der Waals surface area contributed by atoms with Gasteiger partial charge in [-0.1, -0.05) is 24.6 Å². The van der Waals surface area contributed by atoms with Crippen molar-refractivity contribution in [2.24, 2.45) is 0 Å². The number of rotatable bonds is 5. The fraction of sp³-hybridized carbons (Fsp3) is 0.500. The van der Waals surface area contributed by atoms with E-state index in [1.54, 1.807) is 17.6 Å². The lowest BCUT2D eigenvalue weighted by atomic mass is 10.1. The maximum absolute atomic E-state index is 11.3. The average Bonchev–Trinajstić information content (AvgIpc) is 3.15. The number of hydrogen-bond donors (Lipinski definition) is 2. The minimum atomic E-state index is 0.0266. The fourth-order valence-electron chi connectivity index (χ4n) is 3.48. The number of carbonyl (C=O) groups is 1. The van der Waals surface area contributed by atoms with Crippen LogP contribution in [0.1, 0.15) is 52.1 Å². The first-order valence-electron chi connectivity index (χ1n) is 8.75. The van der Waals surface area contributed by atoms with E-state index in [0.717, 1.165) is 37.2 Å². The highest BCUT2D eigenvalue weighted by atomic mass is 35.5. The molecule has 0 radical (unpaired) electrons. The van der Waals surface area contributed by atoms with Crippen molar-refractivity contribution in [3.63, 3.8) is 0 Å². The first-order valence-corrected chi connectivity index (χ1v) is 9.13. The van der Waals surface area contributed by atoms with E-state index >= 15 is 0 Å². The van der Waals surface area contributed by atoms with Crippen LogP contribution in [0.5, 0.6) is 0 Å². The zero-order valence-corrected chi connectivity index (χ0v) is 15.6. The van der Waals surface area contributed by atoms with Crippen molar-refractivity contribution in [2.75, 3.05) is 5.32 Å². The van der Waals surface area contributed by atoms with E-state index in [0.29, 0.717) is 10.7 Å². The van der Waals surface area contributed by atoms with E-state index < -0.39 is 0 Å². The Labute approximate surface area is 152 Å². The Hall–Kier alpha value is -2.08. The quantitative estimate of drug-likeness (QED) is 0.852. The number of halogens is 1. The van der Waals surface area contributed by atoms with Gasteiger partial charge in [-0.25, -0.2) is 4.98 Å². The van der Waals surface area contributed by atoms with Crippen molar-refractivity contribution in [3.05, 3.63) is 29.1 Å². The van der Waals surface area contributed by atoms with Gasteiger partial charge in [0.05, 0.1) is 11.9 Å². The molecular weight excluding hydrogens is 338 g/mol. The van der Waals surface area contributed by atoms with Crippen molar-refractivity contribution >= 4 is 34.5 Å². The molecule has 0 bridgehead atoms. The van der Waals surface area contributed by atoms with Gasteiger partial charge in [-0.15, -0.1) is 0 Å². The first kappa shape index (κ1) is 17.7. The summed E-state index contributed by atoms with van der Waals surface area (Å²) in [6, 6.07) is 2.55. The van der Waals surface area contributed by atoms with Gasteiger partial charge in [0, 0.05) is 25.1 Å². The molecule has 1 saturated carbocycles. The summed E-state index contributed by atoms with van der Waals surface area (Å²) in [5.41, 5.74) is 2.75. The van der Waals surface area contributed by atoms with E-state index in [-0.39, 0.29) is 18.0 Å². The van der Waals surface area contributed by atoms with Crippen LogP contribution < -0.4 is 10.6 Å². The molecule has 2 heterocycles. The normalized spacial score (nSPS) is 20.9. The molecule has 25 heavy (non-hydrogen) atoms. The summed E-state index contributed by atoms with van der Waals surface area (Å²) in [6.07, 6.45) is 7.48. The van der Waals surface area contributed by atoms with Crippen LogP contribution in [0.4, 0.5) is 5.82 Å². The average molecular weight is 362 g/mol. The second-order valence-electron chi connectivity index (χ2n) is 6.47. The van der Waals surface area contributed by atoms with Gasteiger partial charge in [-0.3, -0.25) is 4.79 Å². The SMILES string of the molecule is C/C=C(\CC)c1cc(N[C@H]2CC[C@H](NC(C)=O)C2)n2ncc(Cl)c2n1. The molecule has 1 aliphatic rings. The lowest BCUT2D eigenvalue weighted by Crippen LogP contribution is -2.32. The summed E-state index contributed by atoms with van der Waals surface area (Å²) in [5.74, 6) is 0.909. The Bertz CT molecular complexity index is 813. The number of hydrogen-bond acceptors (Lipinski definition) is 4. The number of anilines is 1. The molecule has 2 atom stereocenters. The molecule has 2 aromatic heterocycles. The minimum absolute atomic E-state index is 0.0266. The molecule has 1 aliphatic carbocycles. The summed E-state index contributed by atoms with van der Waals surface area (Å²) >= 11 is 6.26. The summed E-state index contributed by atoms with van der Waals surface area (Å²) < 4.78 is 1.75. The van der Waals surface area contributed by atoms with Gasteiger partial charge in [0.25, 0.3) is 0 Å². The maximum atomic E-state index is 11.3. The van der Waals surface area contributed by atoms with E-state index in [1.165, 1.54) is 5.57 Å². The number of aromatic nitrogens is 3. The first-order chi connectivity index (χ1) is 12.0. The Morgan fingerprint density at radius 2 is 2.20 bits per heavy atom. The molecule has 0 aliphatic heterocycles. The van der Waals surface area contributed by atoms with Crippen molar-refractivity contribution in [1.29, 1.82) is 0 Å². The predicted molar refractivity (Wildman–Crippen MR) is 101 cm³/mol. The molecule has 0 aromatic carbocycles. The smallest absolute Gasteiger partial charge is 0.217 e. The summed E-state index contributed by atoms with van der Waals surface area (Å²) in [5, 5.41) is 11.5. The molecule has 0 saturated heterocycles. The Balaban J connectivity index is 1.89. The molecule has 3 rings (SSSR count). The number of allylic oxidation sites excluding steroid dienone is 2. The Morgan fingerprint density at radius 1 is 1.44 bits per heavy atom. The molecule has 2 aromatic rings.